The maximum absolute atomic E-state index is 13.2. The van der Waals surface area contributed by atoms with Gasteiger partial charge in [0.1, 0.15) is 0 Å². The molecule has 0 radical (unpaired) electrons. The van der Waals surface area contributed by atoms with Gasteiger partial charge in [0.25, 0.3) is 5.91 Å². The zero-order valence-electron chi connectivity index (χ0n) is 18.7. The van der Waals surface area contributed by atoms with E-state index in [2.05, 4.69) is 10.3 Å². The largest absolute Gasteiger partial charge is 0.755 e. The Balaban J connectivity index is 1.45. The fourth-order valence-corrected chi connectivity index (χ4v) is 5.22. The van der Waals surface area contributed by atoms with Crippen molar-refractivity contribution < 1.29 is 13.6 Å². The number of hydrogen-bond acceptors (Lipinski definition) is 5. The van der Waals surface area contributed by atoms with Crippen LogP contribution in [-0.4, -0.2) is 19.7 Å². The minimum Gasteiger partial charge on any atom is -0.755 e. The van der Waals surface area contributed by atoms with Gasteiger partial charge in [-0.15, -0.1) is 11.3 Å². The number of anilines is 3. The number of amides is 1. The lowest BCUT2D eigenvalue weighted by Crippen LogP contribution is -2.23. The van der Waals surface area contributed by atoms with E-state index in [0.717, 1.165) is 31.9 Å². The molecule has 35 heavy (non-hydrogen) atoms. The van der Waals surface area contributed by atoms with Gasteiger partial charge in [-0.1, -0.05) is 72.3 Å². The van der Waals surface area contributed by atoms with Crippen molar-refractivity contribution in [3.8, 4) is 11.3 Å². The number of para-hydroxylation sites is 1. The number of fused-ring (bicyclic) bond motifs is 1. The van der Waals surface area contributed by atoms with Crippen molar-refractivity contribution in [3.05, 3.63) is 108 Å². The van der Waals surface area contributed by atoms with Crippen molar-refractivity contribution in [3.63, 3.8) is 0 Å². The van der Waals surface area contributed by atoms with Gasteiger partial charge in [0.2, 0.25) is 0 Å². The summed E-state index contributed by atoms with van der Waals surface area (Å²) in [4.78, 5) is 17.9. The highest BCUT2D eigenvalue weighted by Crippen LogP contribution is 2.33. The van der Waals surface area contributed by atoms with Crippen LogP contribution < -0.4 is 9.62 Å². The molecule has 1 aromatic heterocycles. The fourth-order valence-electron chi connectivity index (χ4n) is 3.90. The molecule has 0 aliphatic carbocycles. The zero-order chi connectivity index (χ0) is 24.4. The van der Waals surface area contributed by atoms with Crippen LogP contribution in [0.4, 0.5) is 16.5 Å². The molecule has 1 heterocycles. The Hall–Kier alpha value is -3.85. The highest BCUT2D eigenvalue weighted by atomic mass is 32.2. The third-order valence-corrected chi connectivity index (χ3v) is 7.04. The summed E-state index contributed by atoms with van der Waals surface area (Å²) in [5.74, 6) is -0.443. The molecule has 1 N–H and O–H groups in total. The average Bonchev–Trinajstić information content (AvgIpc) is 3.33. The topological polar surface area (TPSA) is 85.4 Å². The van der Waals surface area contributed by atoms with E-state index in [0.29, 0.717) is 10.8 Å². The number of carbonyl (C=O) groups is 1. The molecule has 0 aliphatic heterocycles. The number of benzene rings is 4. The van der Waals surface area contributed by atoms with Crippen molar-refractivity contribution in [2.24, 2.45) is 0 Å². The lowest BCUT2D eigenvalue weighted by Gasteiger charge is -2.28. The van der Waals surface area contributed by atoms with Crippen LogP contribution in [0.5, 0.6) is 0 Å². The van der Waals surface area contributed by atoms with E-state index in [1.807, 2.05) is 66.9 Å². The van der Waals surface area contributed by atoms with Gasteiger partial charge in [-0.2, -0.15) is 0 Å². The fraction of sp³-hybridized carbons (Fsp3) is 0.0370. The molecule has 0 saturated heterocycles. The maximum atomic E-state index is 13.2. The number of aromatic nitrogens is 1. The molecule has 0 saturated carbocycles. The van der Waals surface area contributed by atoms with Crippen molar-refractivity contribution >= 4 is 55.8 Å². The lowest BCUT2D eigenvalue weighted by molar-refractivity contribution is 0.102. The number of nitrogens with zero attached hydrogens (tertiary/aromatic N) is 2. The van der Waals surface area contributed by atoms with Crippen LogP contribution in [0.2, 0.25) is 0 Å². The van der Waals surface area contributed by atoms with E-state index in [9.17, 15) is 13.6 Å². The summed E-state index contributed by atoms with van der Waals surface area (Å²) in [6, 6.07) is 27.7. The predicted octanol–water partition coefficient (Wildman–Crippen LogP) is 6.46. The molecule has 5 aromatic rings. The third kappa shape index (κ3) is 4.72. The quantitative estimate of drug-likeness (QED) is 0.272. The van der Waals surface area contributed by atoms with Gasteiger partial charge in [-0.25, -0.2) is 4.98 Å². The number of hydrogen-bond donors (Lipinski definition) is 1. The van der Waals surface area contributed by atoms with Crippen LogP contribution in [0.1, 0.15) is 15.9 Å². The van der Waals surface area contributed by atoms with Gasteiger partial charge in [0, 0.05) is 10.9 Å². The van der Waals surface area contributed by atoms with Gasteiger partial charge in [0.05, 0.1) is 33.9 Å². The van der Waals surface area contributed by atoms with E-state index in [1.54, 1.807) is 36.4 Å². The summed E-state index contributed by atoms with van der Waals surface area (Å²) >= 11 is -1.31. The van der Waals surface area contributed by atoms with Gasteiger partial charge in [-0.05, 0) is 42.0 Å². The molecule has 4 aromatic carbocycles. The first-order valence-corrected chi connectivity index (χ1v) is 12.7. The minimum absolute atomic E-state index is 0.221. The van der Waals surface area contributed by atoms with Gasteiger partial charge in [-0.3, -0.25) is 18.6 Å². The van der Waals surface area contributed by atoms with Gasteiger partial charge in [0.15, 0.2) is 5.13 Å². The molecule has 0 aliphatic rings. The van der Waals surface area contributed by atoms with Crippen molar-refractivity contribution in [1.29, 1.82) is 0 Å². The Morgan fingerprint density at radius 3 is 2.46 bits per heavy atom. The van der Waals surface area contributed by atoms with Crippen molar-refractivity contribution in [1.82, 2.24) is 4.98 Å². The first kappa shape index (κ1) is 22.9. The van der Waals surface area contributed by atoms with Gasteiger partial charge < -0.3 is 4.55 Å². The second-order valence-electron chi connectivity index (χ2n) is 7.88. The summed E-state index contributed by atoms with van der Waals surface area (Å²) in [5.41, 5.74) is 3.66. The van der Waals surface area contributed by atoms with Crippen LogP contribution in [0.15, 0.2) is 96.4 Å². The Morgan fingerprint density at radius 1 is 0.943 bits per heavy atom. The lowest BCUT2D eigenvalue weighted by atomic mass is 10.0. The molecule has 174 valence electrons. The van der Waals surface area contributed by atoms with Gasteiger partial charge >= 0.3 is 0 Å². The third-order valence-electron chi connectivity index (χ3n) is 5.58. The Bertz CT molecular complexity index is 1540. The summed E-state index contributed by atoms with van der Waals surface area (Å²) in [7, 11) is 0. The predicted molar refractivity (Wildman–Crippen MR) is 142 cm³/mol. The summed E-state index contributed by atoms with van der Waals surface area (Å²) in [5, 5.41) is 7.35. The highest BCUT2D eigenvalue weighted by molar-refractivity contribution is 7.81. The first-order valence-electron chi connectivity index (χ1n) is 10.8. The molecular formula is C27H20N3O3S2-. The Morgan fingerprint density at radius 2 is 1.66 bits per heavy atom. The van der Waals surface area contributed by atoms with E-state index in [-0.39, 0.29) is 11.3 Å². The molecule has 0 spiro atoms. The van der Waals surface area contributed by atoms with Crippen molar-refractivity contribution in [2.75, 3.05) is 9.62 Å². The molecule has 1 amide bonds. The number of aryl methyl sites for hydroxylation is 1. The monoisotopic (exact) mass is 498 g/mol. The maximum Gasteiger partial charge on any atom is 0.259 e. The highest BCUT2D eigenvalue weighted by Gasteiger charge is 2.20. The van der Waals surface area contributed by atoms with Crippen LogP contribution in [0.25, 0.3) is 22.0 Å². The van der Waals surface area contributed by atoms with Crippen LogP contribution in [-0.2, 0) is 11.3 Å². The zero-order valence-corrected chi connectivity index (χ0v) is 20.3. The van der Waals surface area contributed by atoms with Crippen molar-refractivity contribution in [2.45, 2.75) is 6.92 Å². The number of carbonyl (C=O) groups excluding carboxylic acids is 1. The summed E-state index contributed by atoms with van der Waals surface area (Å²) in [6.45, 7) is 1.92. The van der Waals surface area contributed by atoms with Crippen LogP contribution >= 0.6 is 11.3 Å². The molecule has 5 rings (SSSR count). The number of thiazole rings is 1. The first-order chi connectivity index (χ1) is 17.0. The number of nitrogens with one attached hydrogen (secondary N) is 1. The van der Waals surface area contributed by atoms with Crippen LogP contribution in [0, 0.1) is 6.92 Å². The minimum atomic E-state index is -2.63. The SMILES string of the molecule is Cc1ccc(N(c2ccccc2C(=O)Nc2nc(-c3cccc4ccccc34)cs2)S(=O)[O-])cc1. The second kappa shape index (κ2) is 9.79. The van der Waals surface area contributed by atoms with Crippen LogP contribution in [0.3, 0.4) is 0 Å². The van der Waals surface area contributed by atoms with E-state index >= 15 is 0 Å². The Kier molecular flexibility index (Phi) is 6.41. The van der Waals surface area contributed by atoms with E-state index in [1.165, 1.54) is 11.3 Å². The van der Waals surface area contributed by atoms with E-state index in [4.69, 9.17) is 0 Å². The summed E-state index contributed by atoms with van der Waals surface area (Å²) in [6.07, 6.45) is 0. The van der Waals surface area contributed by atoms with E-state index < -0.39 is 17.2 Å². The molecular weight excluding hydrogens is 478 g/mol. The molecule has 0 bridgehead atoms. The summed E-state index contributed by atoms with van der Waals surface area (Å²) < 4.78 is 25.4. The average molecular weight is 499 g/mol. The molecule has 1 unspecified atom stereocenters. The second-order valence-corrected chi connectivity index (χ2v) is 9.54. The standard InChI is InChI=1S/C27H21N3O3S2/c1-18-13-15-20(16-14-18)30(35(32)33)25-12-5-4-10-23(25)26(31)29-27-28-24(17-34-27)22-11-6-8-19-7-2-3-9-21(19)22/h2-17H,1H3,(H,32,33)(H,28,29,31)/p-1. The Labute approximate surface area is 209 Å². The number of rotatable bonds is 6. The molecule has 0 fully saturated rings. The molecule has 6 nitrogen and oxygen atoms in total. The smallest absolute Gasteiger partial charge is 0.259 e. The molecule has 8 heteroatoms. The normalized spacial score (nSPS) is 11.8. The molecule has 1 atom stereocenters.